The third-order valence-corrected chi connectivity index (χ3v) is 2.21. The van der Waals surface area contributed by atoms with E-state index in [2.05, 4.69) is 9.78 Å². The summed E-state index contributed by atoms with van der Waals surface area (Å²) in [7, 11) is 0. The summed E-state index contributed by atoms with van der Waals surface area (Å²) >= 11 is -2.61. The van der Waals surface area contributed by atoms with Gasteiger partial charge in [-0.05, 0) is 24.3 Å². The molecule has 0 amide bonds. The molecular formula is C14H13NaO7S. The number of hydrogen-bond donors (Lipinski definition) is 2. The van der Waals surface area contributed by atoms with Crippen LogP contribution in [0.3, 0.4) is 0 Å². The topological polar surface area (TPSA) is 110 Å². The Bertz CT molecular complexity index is 585. The van der Waals surface area contributed by atoms with Crippen LogP contribution in [0.15, 0.2) is 60.7 Å². The molecule has 0 radical (unpaired) electrons. The molecule has 2 aromatic rings. The van der Waals surface area contributed by atoms with E-state index in [1.165, 1.54) is 0 Å². The first kappa shape index (κ1) is 21.5. The first-order chi connectivity index (χ1) is 10.5. The van der Waals surface area contributed by atoms with Gasteiger partial charge in [-0.25, -0.2) is 19.4 Å². The molecule has 0 aromatic heterocycles. The first-order valence-electron chi connectivity index (χ1n) is 5.84. The number of carbonyl (C=O) groups excluding carboxylic acids is 2. The van der Waals surface area contributed by atoms with E-state index in [-0.39, 0.29) is 31.0 Å². The van der Waals surface area contributed by atoms with Crippen LogP contribution in [0.5, 0.6) is 0 Å². The molecule has 2 N–H and O–H groups in total. The van der Waals surface area contributed by atoms with E-state index < -0.39 is 23.3 Å². The van der Waals surface area contributed by atoms with Gasteiger partial charge in [0.2, 0.25) is 0 Å². The molecule has 0 aliphatic rings. The van der Waals surface area contributed by atoms with Crippen molar-refractivity contribution in [2.24, 2.45) is 0 Å². The van der Waals surface area contributed by atoms with Crippen molar-refractivity contribution in [1.29, 1.82) is 0 Å². The van der Waals surface area contributed by atoms with Gasteiger partial charge in [0.25, 0.3) is 11.4 Å². The molecule has 0 unspecified atom stereocenters. The molecule has 0 saturated carbocycles. The van der Waals surface area contributed by atoms with E-state index in [1.54, 1.807) is 60.7 Å². The van der Waals surface area contributed by atoms with Crippen LogP contribution < -0.4 is 29.6 Å². The molecule has 2 rings (SSSR count). The summed E-state index contributed by atoms with van der Waals surface area (Å²) in [6.07, 6.45) is 0. The van der Waals surface area contributed by atoms with E-state index in [0.717, 1.165) is 0 Å². The van der Waals surface area contributed by atoms with Gasteiger partial charge in [-0.1, -0.05) is 36.4 Å². The number of rotatable bonds is 2. The summed E-state index contributed by atoms with van der Waals surface area (Å²) in [6, 6.07) is 16.6. The van der Waals surface area contributed by atoms with Crippen molar-refractivity contribution in [1.82, 2.24) is 0 Å². The minimum Gasteiger partial charge on any atom is -1.00 e. The fraction of sp³-hybridized carbons (Fsp3) is 0. The maximum Gasteiger partial charge on any atom is 1.00 e. The van der Waals surface area contributed by atoms with Gasteiger partial charge in [0.15, 0.2) is 0 Å². The third kappa shape index (κ3) is 9.24. The van der Waals surface area contributed by atoms with Crippen LogP contribution in [0.2, 0.25) is 0 Å². The van der Waals surface area contributed by atoms with Crippen molar-refractivity contribution in [3.63, 3.8) is 0 Å². The van der Waals surface area contributed by atoms with Gasteiger partial charge >= 0.3 is 41.5 Å². The Hall–Kier alpha value is -1.55. The monoisotopic (exact) mass is 348 g/mol. The normalized spacial score (nSPS) is 9.00. The minimum atomic E-state index is -2.61. The Balaban J connectivity index is 0. The Morgan fingerprint density at radius 3 is 1.30 bits per heavy atom. The van der Waals surface area contributed by atoms with Gasteiger partial charge in [0.1, 0.15) is 0 Å². The predicted octanol–water partition coefficient (Wildman–Crippen LogP) is -0.587. The Morgan fingerprint density at radius 1 is 0.783 bits per heavy atom. The van der Waals surface area contributed by atoms with Crippen LogP contribution in [-0.4, -0.2) is 25.3 Å². The molecule has 0 aliphatic carbocycles. The van der Waals surface area contributed by atoms with Gasteiger partial charge in [-0.15, -0.1) is 0 Å². The van der Waals surface area contributed by atoms with Crippen LogP contribution in [0.1, 0.15) is 22.1 Å². The predicted molar refractivity (Wildman–Crippen MR) is 78.2 cm³/mol. The minimum absolute atomic E-state index is 0. The van der Waals surface area contributed by atoms with Crippen LogP contribution in [-0.2, 0) is 21.1 Å². The standard InChI is InChI=1S/C14H10O4.Na.H2O3S.H/c15-13(11-7-3-1-4-8-11)17-18-14(16)12-9-5-2-6-10-12;;1-4(2)3;/h1-10H;;(H2,1,2,3);/q;+1;;-1. The smallest absolute Gasteiger partial charge is 1.00 e. The van der Waals surface area contributed by atoms with Gasteiger partial charge < -0.3 is 1.43 Å². The Morgan fingerprint density at radius 2 is 1.04 bits per heavy atom. The molecule has 0 heterocycles. The third-order valence-electron chi connectivity index (χ3n) is 2.21. The molecule has 7 nitrogen and oxygen atoms in total. The summed E-state index contributed by atoms with van der Waals surface area (Å²) < 4.78 is 22.8. The van der Waals surface area contributed by atoms with E-state index in [0.29, 0.717) is 11.1 Å². The fourth-order valence-electron chi connectivity index (χ4n) is 1.32. The quantitative estimate of drug-likeness (QED) is 0.323. The summed E-state index contributed by atoms with van der Waals surface area (Å²) in [6.45, 7) is 0. The molecule has 0 bridgehead atoms. The zero-order chi connectivity index (χ0) is 16.4. The first-order valence-corrected chi connectivity index (χ1v) is 6.90. The van der Waals surface area contributed by atoms with Crippen LogP contribution >= 0.6 is 0 Å². The van der Waals surface area contributed by atoms with Gasteiger partial charge in [-0.2, -0.15) is 4.21 Å². The summed E-state index contributed by atoms with van der Waals surface area (Å²) in [4.78, 5) is 31.9. The van der Waals surface area contributed by atoms with Crippen molar-refractivity contribution >= 4 is 23.3 Å². The second kappa shape index (κ2) is 11.9. The van der Waals surface area contributed by atoms with E-state index in [1.807, 2.05) is 0 Å². The maximum atomic E-state index is 11.5. The van der Waals surface area contributed by atoms with Gasteiger partial charge in [0.05, 0.1) is 11.1 Å². The largest absolute Gasteiger partial charge is 1.00 e. The molecule has 0 aliphatic heterocycles. The molecule has 0 atom stereocenters. The summed E-state index contributed by atoms with van der Waals surface area (Å²) in [5.41, 5.74) is 0.636. The molecule has 0 fully saturated rings. The Kier molecular flexibility index (Phi) is 11.1. The second-order valence-corrected chi connectivity index (χ2v) is 4.17. The molecular weight excluding hydrogens is 335 g/mol. The van der Waals surface area contributed by atoms with E-state index in [4.69, 9.17) is 13.3 Å². The molecule has 9 heteroatoms. The van der Waals surface area contributed by atoms with Crippen molar-refractivity contribution in [2.45, 2.75) is 0 Å². The van der Waals surface area contributed by atoms with Gasteiger partial charge in [0, 0.05) is 0 Å². The Labute approximate surface area is 158 Å². The number of hydrogen-bond acceptors (Lipinski definition) is 5. The van der Waals surface area contributed by atoms with E-state index in [9.17, 15) is 9.59 Å². The van der Waals surface area contributed by atoms with Crippen molar-refractivity contribution in [2.75, 3.05) is 0 Å². The van der Waals surface area contributed by atoms with Crippen molar-refractivity contribution < 1.29 is 63.7 Å². The number of benzene rings is 2. The molecule has 0 spiro atoms. The second-order valence-electron chi connectivity index (χ2n) is 3.70. The fourth-order valence-corrected chi connectivity index (χ4v) is 1.32. The van der Waals surface area contributed by atoms with Gasteiger partial charge in [-0.3, -0.25) is 9.11 Å². The van der Waals surface area contributed by atoms with Crippen LogP contribution in [0, 0.1) is 0 Å². The molecule has 23 heavy (non-hydrogen) atoms. The SMILES string of the molecule is O=C(OOC(=O)c1ccccc1)c1ccccc1.O=S(O)O.[H-].[Na+]. The molecule has 118 valence electrons. The molecule has 0 saturated heterocycles. The van der Waals surface area contributed by atoms with Crippen molar-refractivity contribution in [3.05, 3.63) is 71.8 Å². The molecule has 2 aromatic carbocycles. The zero-order valence-electron chi connectivity index (χ0n) is 13.1. The van der Waals surface area contributed by atoms with Crippen LogP contribution in [0.25, 0.3) is 0 Å². The summed E-state index contributed by atoms with van der Waals surface area (Å²) in [5, 5.41) is 0. The van der Waals surface area contributed by atoms with Crippen molar-refractivity contribution in [3.8, 4) is 0 Å². The zero-order valence-corrected chi connectivity index (χ0v) is 14.9. The van der Waals surface area contributed by atoms with E-state index >= 15 is 0 Å². The van der Waals surface area contributed by atoms with Crippen LogP contribution in [0.4, 0.5) is 0 Å². The maximum absolute atomic E-state index is 11.5. The number of carbonyl (C=O) groups is 2. The summed E-state index contributed by atoms with van der Waals surface area (Å²) in [5.74, 6) is -1.42. The average molecular weight is 348 g/mol. The average Bonchev–Trinajstić information content (AvgIpc) is 2.53.